The Hall–Kier alpha value is -2.63. The van der Waals surface area contributed by atoms with E-state index in [4.69, 9.17) is 15.9 Å². The van der Waals surface area contributed by atoms with E-state index in [1.807, 2.05) is 32.0 Å². The number of amidine groups is 1. The van der Waals surface area contributed by atoms with Crippen molar-refractivity contribution in [2.24, 2.45) is 5.73 Å². The van der Waals surface area contributed by atoms with Gasteiger partial charge >= 0.3 is 0 Å². The summed E-state index contributed by atoms with van der Waals surface area (Å²) in [6, 6.07) is 7.19. The third kappa shape index (κ3) is 2.79. The van der Waals surface area contributed by atoms with Crippen LogP contribution in [0.4, 0.5) is 0 Å². The Kier molecular flexibility index (Phi) is 4.07. The average Bonchev–Trinajstić information content (AvgIpc) is 2.47. The number of hydrogen-bond donors (Lipinski definition) is 2. The van der Waals surface area contributed by atoms with Crippen LogP contribution in [0.25, 0.3) is 11.3 Å². The molecule has 1 aromatic carbocycles. The number of hydrogen-bond acceptors (Lipinski definition) is 4. The first-order valence-electron chi connectivity index (χ1n) is 6.59. The molecule has 0 unspecified atom stereocenters. The van der Waals surface area contributed by atoms with Crippen molar-refractivity contribution in [2.75, 3.05) is 7.11 Å². The highest BCUT2D eigenvalue weighted by Gasteiger charge is 2.12. The lowest BCUT2D eigenvalue weighted by Gasteiger charge is -2.10. The first-order chi connectivity index (χ1) is 9.97. The predicted molar refractivity (Wildman–Crippen MR) is 81.9 cm³/mol. The number of ether oxygens (including phenoxy) is 1. The predicted octanol–water partition coefficient (Wildman–Crippen LogP) is 1.53. The zero-order chi connectivity index (χ0) is 15.6. The maximum absolute atomic E-state index is 12.1. The van der Waals surface area contributed by atoms with Gasteiger partial charge in [-0.25, -0.2) is 4.68 Å². The van der Waals surface area contributed by atoms with Gasteiger partial charge in [0.2, 0.25) is 0 Å². The van der Waals surface area contributed by atoms with Crippen molar-refractivity contribution in [2.45, 2.75) is 20.4 Å². The summed E-state index contributed by atoms with van der Waals surface area (Å²) in [6.45, 7) is 4.17. The van der Waals surface area contributed by atoms with E-state index in [-0.39, 0.29) is 17.0 Å². The van der Waals surface area contributed by atoms with Crippen molar-refractivity contribution in [3.05, 3.63) is 45.7 Å². The fraction of sp³-hybridized carbons (Fsp3) is 0.267. The van der Waals surface area contributed by atoms with Crippen LogP contribution < -0.4 is 16.0 Å². The Bertz CT molecular complexity index is 750. The summed E-state index contributed by atoms with van der Waals surface area (Å²) in [5.41, 5.74) is 7.71. The molecule has 0 aliphatic carbocycles. The molecule has 0 aliphatic heterocycles. The SMILES string of the molecule is CCn1nc(-c2ccc(OC)c(C)c2)cc(C(=N)N)c1=O. The van der Waals surface area contributed by atoms with Crippen LogP contribution in [-0.2, 0) is 6.54 Å². The van der Waals surface area contributed by atoms with Crippen LogP contribution in [0.5, 0.6) is 5.75 Å². The van der Waals surface area contributed by atoms with Gasteiger partial charge in [-0.15, -0.1) is 0 Å². The maximum Gasteiger partial charge on any atom is 0.277 e. The summed E-state index contributed by atoms with van der Waals surface area (Å²) < 4.78 is 6.54. The van der Waals surface area contributed by atoms with E-state index in [2.05, 4.69) is 5.10 Å². The average molecular weight is 286 g/mol. The summed E-state index contributed by atoms with van der Waals surface area (Å²) in [5.74, 6) is 0.533. The van der Waals surface area contributed by atoms with E-state index in [1.54, 1.807) is 13.2 Å². The molecule has 2 aromatic rings. The monoisotopic (exact) mass is 286 g/mol. The van der Waals surface area contributed by atoms with E-state index >= 15 is 0 Å². The molecular weight excluding hydrogens is 268 g/mol. The number of nitrogens with one attached hydrogen (secondary N) is 1. The van der Waals surface area contributed by atoms with Gasteiger partial charge in [-0.05, 0) is 43.7 Å². The van der Waals surface area contributed by atoms with Gasteiger partial charge in [0.15, 0.2) is 0 Å². The Balaban J connectivity index is 2.64. The Morgan fingerprint density at radius 1 is 1.43 bits per heavy atom. The molecule has 0 saturated heterocycles. The minimum absolute atomic E-state index is 0.162. The lowest BCUT2D eigenvalue weighted by atomic mass is 10.1. The highest BCUT2D eigenvalue weighted by atomic mass is 16.5. The van der Waals surface area contributed by atoms with Gasteiger partial charge in [0.1, 0.15) is 11.6 Å². The third-order valence-corrected chi connectivity index (χ3v) is 3.25. The minimum Gasteiger partial charge on any atom is -0.496 e. The summed E-state index contributed by atoms with van der Waals surface area (Å²) in [4.78, 5) is 12.1. The molecule has 0 radical (unpaired) electrons. The molecule has 2 rings (SSSR count). The number of aryl methyl sites for hydroxylation is 2. The van der Waals surface area contributed by atoms with Crippen LogP contribution in [-0.4, -0.2) is 22.7 Å². The van der Waals surface area contributed by atoms with Crippen LogP contribution in [0.3, 0.4) is 0 Å². The zero-order valence-corrected chi connectivity index (χ0v) is 12.3. The van der Waals surface area contributed by atoms with Crippen LogP contribution in [0.2, 0.25) is 0 Å². The van der Waals surface area contributed by atoms with Crippen molar-refractivity contribution >= 4 is 5.84 Å². The summed E-state index contributed by atoms with van der Waals surface area (Å²) in [5, 5.41) is 11.8. The van der Waals surface area contributed by atoms with Crippen molar-refractivity contribution in [1.82, 2.24) is 9.78 Å². The van der Waals surface area contributed by atoms with E-state index in [1.165, 1.54) is 4.68 Å². The number of rotatable bonds is 4. The third-order valence-electron chi connectivity index (χ3n) is 3.25. The molecule has 0 fully saturated rings. The molecule has 110 valence electrons. The second-order valence-corrected chi connectivity index (χ2v) is 4.66. The number of nitrogens with zero attached hydrogens (tertiary/aromatic N) is 2. The van der Waals surface area contributed by atoms with Crippen molar-refractivity contribution < 1.29 is 4.74 Å². The van der Waals surface area contributed by atoms with Crippen molar-refractivity contribution in [1.29, 1.82) is 5.41 Å². The van der Waals surface area contributed by atoms with Gasteiger partial charge in [-0.1, -0.05) is 0 Å². The molecule has 21 heavy (non-hydrogen) atoms. The van der Waals surface area contributed by atoms with Gasteiger partial charge in [0.05, 0.1) is 18.4 Å². The van der Waals surface area contributed by atoms with Crippen LogP contribution >= 0.6 is 0 Å². The molecule has 0 amide bonds. The number of nitrogen functional groups attached to an aromatic ring is 1. The molecule has 1 heterocycles. The van der Waals surface area contributed by atoms with Gasteiger partial charge in [0, 0.05) is 12.1 Å². The Morgan fingerprint density at radius 2 is 2.14 bits per heavy atom. The number of methoxy groups -OCH3 is 1. The highest BCUT2D eigenvalue weighted by Crippen LogP contribution is 2.24. The molecule has 1 aromatic heterocycles. The molecule has 0 aliphatic rings. The Labute approximate surface area is 122 Å². The Morgan fingerprint density at radius 3 is 2.67 bits per heavy atom. The number of aromatic nitrogens is 2. The van der Waals surface area contributed by atoms with E-state index in [0.717, 1.165) is 16.9 Å². The normalized spacial score (nSPS) is 10.4. The summed E-state index contributed by atoms with van der Waals surface area (Å²) >= 11 is 0. The summed E-state index contributed by atoms with van der Waals surface area (Å²) in [7, 11) is 1.62. The first-order valence-corrected chi connectivity index (χ1v) is 6.59. The van der Waals surface area contributed by atoms with E-state index in [9.17, 15) is 4.79 Å². The molecule has 0 saturated carbocycles. The minimum atomic E-state index is -0.348. The molecule has 0 bridgehead atoms. The second kappa shape index (κ2) is 5.78. The summed E-state index contributed by atoms with van der Waals surface area (Å²) in [6.07, 6.45) is 0. The molecule has 0 atom stereocenters. The van der Waals surface area contributed by atoms with Crippen LogP contribution in [0.15, 0.2) is 29.1 Å². The molecule has 6 nitrogen and oxygen atoms in total. The van der Waals surface area contributed by atoms with Crippen LogP contribution in [0, 0.1) is 12.3 Å². The van der Waals surface area contributed by atoms with Gasteiger partial charge in [-0.2, -0.15) is 5.10 Å². The smallest absolute Gasteiger partial charge is 0.277 e. The van der Waals surface area contributed by atoms with Crippen molar-refractivity contribution in [3.8, 4) is 17.0 Å². The zero-order valence-electron chi connectivity index (χ0n) is 12.3. The lowest BCUT2D eigenvalue weighted by molar-refractivity contribution is 0.412. The van der Waals surface area contributed by atoms with Crippen LogP contribution in [0.1, 0.15) is 18.1 Å². The standard InChI is InChI=1S/C15H18N4O2/c1-4-19-15(20)11(14(16)17)8-12(18-19)10-5-6-13(21-3)9(2)7-10/h5-8H,4H2,1-3H3,(H3,16,17). The fourth-order valence-electron chi connectivity index (χ4n) is 2.13. The molecule has 6 heteroatoms. The quantitative estimate of drug-likeness (QED) is 0.658. The van der Waals surface area contributed by atoms with Gasteiger partial charge in [0.25, 0.3) is 5.56 Å². The highest BCUT2D eigenvalue weighted by molar-refractivity contribution is 5.95. The maximum atomic E-state index is 12.1. The largest absolute Gasteiger partial charge is 0.496 e. The molecular formula is C15H18N4O2. The first kappa shape index (κ1) is 14.8. The number of nitrogens with two attached hydrogens (primary N) is 1. The lowest BCUT2D eigenvalue weighted by Crippen LogP contribution is -2.31. The van der Waals surface area contributed by atoms with Crippen molar-refractivity contribution in [3.63, 3.8) is 0 Å². The second-order valence-electron chi connectivity index (χ2n) is 4.66. The topological polar surface area (TPSA) is 94.0 Å². The molecule has 0 spiro atoms. The van der Waals surface area contributed by atoms with E-state index in [0.29, 0.717) is 12.2 Å². The van der Waals surface area contributed by atoms with Gasteiger partial charge in [-0.3, -0.25) is 10.2 Å². The molecule has 3 N–H and O–H groups in total. The number of benzene rings is 1. The fourth-order valence-corrected chi connectivity index (χ4v) is 2.13. The van der Waals surface area contributed by atoms with E-state index < -0.39 is 0 Å². The van der Waals surface area contributed by atoms with Gasteiger partial charge < -0.3 is 10.5 Å².